The lowest BCUT2D eigenvalue weighted by Gasteiger charge is -2.12. The third-order valence-electron chi connectivity index (χ3n) is 5.79. The van der Waals surface area contributed by atoms with E-state index in [9.17, 15) is 9.59 Å². The number of carbonyl (C=O) groups is 2. The summed E-state index contributed by atoms with van der Waals surface area (Å²) in [7, 11) is 0. The number of amides is 2. The van der Waals surface area contributed by atoms with Crippen molar-refractivity contribution in [2.75, 3.05) is 5.32 Å². The zero-order chi connectivity index (χ0) is 22.2. The number of benzene rings is 1. The van der Waals surface area contributed by atoms with Gasteiger partial charge in [0.1, 0.15) is 10.7 Å². The Hall–Kier alpha value is -3.19. The van der Waals surface area contributed by atoms with Crippen molar-refractivity contribution >= 4 is 40.1 Å². The summed E-state index contributed by atoms with van der Waals surface area (Å²) in [5.41, 5.74) is 4.56. The number of nitrogens with one attached hydrogen (secondary N) is 2. The van der Waals surface area contributed by atoms with Gasteiger partial charge in [0.05, 0.1) is 4.88 Å². The van der Waals surface area contributed by atoms with E-state index in [1.54, 1.807) is 0 Å². The Morgan fingerprint density at radius 1 is 1.09 bits per heavy atom. The van der Waals surface area contributed by atoms with E-state index in [1.165, 1.54) is 11.3 Å². The lowest BCUT2D eigenvalue weighted by molar-refractivity contribution is 0.0939. The van der Waals surface area contributed by atoms with E-state index in [0.29, 0.717) is 16.6 Å². The highest BCUT2D eigenvalue weighted by molar-refractivity contribution is 7.18. The molecule has 1 aromatic carbocycles. The average Bonchev–Trinajstić information content (AvgIpc) is 3.31. The molecule has 0 unspecified atom stereocenters. The van der Waals surface area contributed by atoms with E-state index in [-0.39, 0.29) is 17.9 Å². The SMILES string of the molecule is CC(C)n1cc(-c2ccc(NC(=O)c3cc4c(s3)N=CCC4)cc2)cc1C(=O)NC1CC1. The number of hydrogen-bond donors (Lipinski definition) is 2. The van der Waals surface area contributed by atoms with E-state index < -0.39 is 0 Å². The fraction of sp³-hybridized carbons (Fsp3) is 0.320. The van der Waals surface area contributed by atoms with Crippen molar-refractivity contribution in [2.24, 2.45) is 4.99 Å². The Morgan fingerprint density at radius 3 is 2.56 bits per heavy atom. The maximum atomic E-state index is 12.7. The van der Waals surface area contributed by atoms with E-state index in [4.69, 9.17) is 0 Å². The van der Waals surface area contributed by atoms with Gasteiger partial charge in [-0.1, -0.05) is 12.1 Å². The summed E-state index contributed by atoms with van der Waals surface area (Å²) < 4.78 is 2.02. The highest BCUT2D eigenvalue weighted by Gasteiger charge is 2.26. The van der Waals surface area contributed by atoms with Gasteiger partial charge in [-0.25, -0.2) is 0 Å². The molecule has 2 aliphatic rings. The molecule has 0 bridgehead atoms. The summed E-state index contributed by atoms with van der Waals surface area (Å²) in [6.07, 6.45) is 7.93. The molecule has 164 valence electrons. The lowest BCUT2D eigenvalue weighted by Crippen LogP contribution is -2.27. The van der Waals surface area contributed by atoms with Gasteiger partial charge in [0.25, 0.3) is 11.8 Å². The zero-order valence-electron chi connectivity index (χ0n) is 18.2. The van der Waals surface area contributed by atoms with Crippen LogP contribution in [0.2, 0.25) is 0 Å². The molecule has 2 amide bonds. The number of hydrogen-bond acceptors (Lipinski definition) is 4. The van der Waals surface area contributed by atoms with Crippen LogP contribution >= 0.6 is 11.3 Å². The number of aliphatic imine (C=N–C) groups is 1. The van der Waals surface area contributed by atoms with Crippen LogP contribution in [0.5, 0.6) is 0 Å². The third kappa shape index (κ3) is 4.25. The largest absolute Gasteiger partial charge is 0.348 e. The maximum absolute atomic E-state index is 12.7. The molecular formula is C25H26N4O2S. The minimum Gasteiger partial charge on any atom is -0.348 e. The molecule has 32 heavy (non-hydrogen) atoms. The van der Waals surface area contributed by atoms with E-state index in [1.807, 2.05) is 53.4 Å². The van der Waals surface area contributed by atoms with Crippen LogP contribution in [-0.4, -0.2) is 28.6 Å². The first-order valence-corrected chi connectivity index (χ1v) is 11.9. The summed E-state index contributed by atoms with van der Waals surface area (Å²) in [6.45, 7) is 4.15. The Morgan fingerprint density at radius 2 is 1.88 bits per heavy atom. The minimum absolute atomic E-state index is 0.0145. The van der Waals surface area contributed by atoms with Gasteiger partial charge in [-0.3, -0.25) is 14.6 Å². The zero-order valence-corrected chi connectivity index (χ0v) is 19.0. The number of thiophene rings is 1. The number of carbonyl (C=O) groups excluding carboxylic acids is 2. The third-order valence-corrected chi connectivity index (χ3v) is 6.87. The Balaban J connectivity index is 1.32. The Labute approximate surface area is 191 Å². The van der Waals surface area contributed by atoms with Crippen molar-refractivity contribution in [2.45, 2.75) is 51.6 Å². The van der Waals surface area contributed by atoms with Gasteiger partial charge in [0.15, 0.2) is 0 Å². The minimum atomic E-state index is -0.114. The number of nitrogens with zero attached hydrogens (tertiary/aromatic N) is 2. The smallest absolute Gasteiger partial charge is 0.268 e. The van der Waals surface area contributed by atoms with Gasteiger partial charge in [-0.05, 0) is 74.9 Å². The maximum Gasteiger partial charge on any atom is 0.268 e. The molecule has 1 aliphatic heterocycles. The first-order chi connectivity index (χ1) is 15.5. The number of anilines is 1. The molecule has 7 heteroatoms. The number of aryl methyl sites for hydroxylation is 1. The second kappa shape index (κ2) is 8.39. The normalized spacial score (nSPS) is 15.0. The predicted octanol–water partition coefficient (Wildman–Crippen LogP) is 5.59. The molecule has 1 fully saturated rings. The first kappa shape index (κ1) is 20.7. The lowest BCUT2D eigenvalue weighted by atomic mass is 10.1. The molecule has 0 radical (unpaired) electrons. The quantitative estimate of drug-likeness (QED) is 0.518. The first-order valence-electron chi connectivity index (χ1n) is 11.1. The van der Waals surface area contributed by atoms with Gasteiger partial charge in [-0.2, -0.15) is 0 Å². The molecule has 5 rings (SSSR count). The van der Waals surface area contributed by atoms with Crippen molar-refractivity contribution in [3.8, 4) is 11.1 Å². The van der Waals surface area contributed by atoms with Gasteiger partial charge in [0.2, 0.25) is 0 Å². The van der Waals surface area contributed by atoms with Crippen molar-refractivity contribution in [1.82, 2.24) is 9.88 Å². The Bertz CT molecular complexity index is 1200. The van der Waals surface area contributed by atoms with Crippen LogP contribution in [0, 0.1) is 0 Å². The second-order valence-corrected chi connectivity index (χ2v) is 9.72. The van der Waals surface area contributed by atoms with Crippen LogP contribution in [0.1, 0.15) is 64.9 Å². The molecule has 3 heterocycles. The Kier molecular flexibility index (Phi) is 5.43. The fourth-order valence-corrected chi connectivity index (χ4v) is 4.83. The molecule has 0 spiro atoms. The van der Waals surface area contributed by atoms with Crippen molar-refractivity contribution < 1.29 is 9.59 Å². The van der Waals surface area contributed by atoms with Crippen LogP contribution in [0.4, 0.5) is 10.7 Å². The summed E-state index contributed by atoms with van der Waals surface area (Å²) in [6, 6.07) is 12.1. The molecule has 1 aliphatic carbocycles. The number of rotatable bonds is 6. The molecule has 2 aromatic heterocycles. The van der Waals surface area contributed by atoms with Crippen molar-refractivity contribution in [3.63, 3.8) is 0 Å². The van der Waals surface area contributed by atoms with Gasteiger partial charge in [0, 0.05) is 35.7 Å². The van der Waals surface area contributed by atoms with E-state index in [2.05, 4.69) is 29.5 Å². The average molecular weight is 447 g/mol. The summed E-state index contributed by atoms with van der Waals surface area (Å²) in [5.74, 6) is -0.128. The topological polar surface area (TPSA) is 75.5 Å². The molecular weight excluding hydrogens is 420 g/mol. The number of fused-ring (bicyclic) bond motifs is 1. The van der Waals surface area contributed by atoms with E-state index >= 15 is 0 Å². The van der Waals surface area contributed by atoms with Crippen LogP contribution in [0.3, 0.4) is 0 Å². The van der Waals surface area contributed by atoms with Crippen LogP contribution in [0.15, 0.2) is 47.6 Å². The summed E-state index contributed by atoms with van der Waals surface area (Å²) >= 11 is 1.43. The molecule has 6 nitrogen and oxygen atoms in total. The van der Waals surface area contributed by atoms with Crippen molar-refractivity contribution in [3.05, 3.63) is 58.7 Å². The van der Waals surface area contributed by atoms with Crippen molar-refractivity contribution in [1.29, 1.82) is 0 Å². The molecule has 0 atom stereocenters. The van der Waals surface area contributed by atoms with Gasteiger partial charge < -0.3 is 15.2 Å². The van der Waals surface area contributed by atoms with Crippen LogP contribution < -0.4 is 10.6 Å². The van der Waals surface area contributed by atoms with E-state index in [0.717, 1.165) is 53.1 Å². The van der Waals surface area contributed by atoms with Crippen LogP contribution in [0.25, 0.3) is 11.1 Å². The van der Waals surface area contributed by atoms with Crippen LogP contribution in [-0.2, 0) is 6.42 Å². The van der Waals surface area contributed by atoms with Gasteiger partial charge >= 0.3 is 0 Å². The van der Waals surface area contributed by atoms with Gasteiger partial charge in [-0.15, -0.1) is 11.3 Å². The highest BCUT2D eigenvalue weighted by Crippen LogP contribution is 2.34. The summed E-state index contributed by atoms with van der Waals surface area (Å²) in [4.78, 5) is 30.4. The molecule has 3 aromatic rings. The standard InChI is InChI=1S/C25H26N4O2S/c1-15(2)29-14-18(12-21(29)23(30)27-20-9-10-20)16-5-7-19(8-6-16)28-24(31)22-13-17-4-3-11-26-25(17)32-22/h5-8,11-15,20H,3-4,9-10H2,1-2H3,(H,27,30)(H,28,31). The fourth-order valence-electron chi connectivity index (χ4n) is 3.86. The monoisotopic (exact) mass is 446 g/mol. The summed E-state index contributed by atoms with van der Waals surface area (Å²) in [5, 5.41) is 7.00. The molecule has 1 saturated carbocycles. The molecule has 0 saturated heterocycles. The predicted molar refractivity (Wildman–Crippen MR) is 129 cm³/mol. The second-order valence-electron chi connectivity index (χ2n) is 8.69. The molecule has 2 N–H and O–H groups in total. The highest BCUT2D eigenvalue weighted by atomic mass is 32.1. The number of aromatic nitrogens is 1.